The largest absolute Gasteiger partial charge is 0.497 e. The summed E-state index contributed by atoms with van der Waals surface area (Å²) in [7, 11) is -1.94. The maximum atomic E-state index is 12.7. The molecule has 0 amide bonds. The molecule has 1 saturated heterocycles. The zero-order chi connectivity index (χ0) is 17.0. The number of ether oxygens (including phenoxy) is 1. The zero-order valence-electron chi connectivity index (χ0n) is 13.7. The van der Waals surface area contributed by atoms with Gasteiger partial charge in [-0.05, 0) is 18.2 Å². The summed E-state index contributed by atoms with van der Waals surface area (Å²) in [4.78, 5) is 2.55. The second-order valence-electron chi connectivity index (χ2n) is 5.69. The molecule has 0 atom stereocenters. The van der Waals surface area contributed by atoms with E-state index in [0.717, 1.165) is 26.2 Å². The SMILES string of the molecule is COc1cccc(S(=O)(=O)N2CCN(CCn3cccn3)CC2)c1. The number of rotatable bonds is 6. The van der Waals surface area contributed by atoms with Gasteiger partial charge >= 0.3 is 0 Å². The summed E-state index contributed by atoms with van der Waals surface area (Å²) in [6.07, 6.45) is 3.70. The Labute approximate surface area is 142 Å². The fourth-order valence-electron chi connectivity index (χ4n) is 2.78. The lowest BCUT2D eigenvalue weighted by molar-refractivity contribution is 0.181. The van der Waals surface area contributed by atoms with Crippen molar-refractivity contribution < 1.29 is 13.2 Å². The Morgan fingerprint density at radius 2 is 1.92 bits per heavy atom. The van der Waals surface area contributed by atoms with Crippen LogP contribution in [0.4, 0.5) is 0 Å². The van der Waals surface area contributed by atoms with Crippen LogP contribution >= 0.6 is 0 Å². The molecule has 2 heterocycles. The van der Waals surface area contributed by atoms with Gasteiger partial charge in [0, 0.05) is 51.2 Å². The molecule has 1 fully saturated rings. The summed E-state index contributed by atoms with van der Waals surface area (Å²) in [5.41, 5.74) is 0. The molecule has 1 aliphatic rings. The first kappa shape index (κ1) is 16.9. The van der Waals surface area contributed by atoms with Crippen molar-refractivity contribution in [2.24, 2.45) is 0 Å². The van der Waals surface area contributed by atoms with Gasteiger partial charge < -0.3 is 4.74 Å². The first-order chi connectivity index (χ1) is 11.6. The predicted molar refractivity (Wildman–Crippen MR) is 90.4 cm³/mol. The molecule has 0 saturated carbocycles. The lowest BCUT2D eigenvalue weighted by Gasteiger charge is -2.33. The summed E-state index contributed by atoms with van der Waals surface area (Å²) in [5, 5.41) is 4.18. The average molecular weight is 350 g/mol. The van der Waals surface area contributed by atoms with Gasteiger partial charge in [0.05, 0.1) is 18.6 Å². The van der Waals surface area contributed by atoms with Crippen molar-refractivity contribution in [1.82, 2.24) is 19.0 Å². The van der Waals surface area contributed by atoms with Gasteiger partial charge in [-0.25, -0.2) is 8.42 Å². The Morgan fingerprint density at radius 1 is 1.12 bits per heavy atom. The highest BCUT2D eigenvalue weighted by molar-refractivity contribution is 7.89. The number of benzene rings is 1. The molecule has 0 N–H and O–H groups in total. The number of hydrogen-bond donors (Lipinski definition) is 0. The number of aromatic nitrogens is 2. The van der Waals surface area contributed by atoms with Crippen LogP contribution in [0.3, 0.4) is 0 Å². The van der Waals surface area contributed by atoms with E-state index in [9.17, 15) is 8.42 Å². The van der Waals surface area contributed by atoms with E-state index in [0.29, 0.717) is 18.8 Å². The van der Waals surface area contributed by atoms with Gasteiger partial charge in [-0.15, -0.1) is 0 Å². The molecule has 3 rings (SSSR count). The second-order valence-corrected chi connectivity index (χ2v) is 7.63. The van der Waals surface area contributed by atoms with Gasteiger partial charge in [0.15, 0.2) is 0 Å². The van der Waals surface area contributed by atoms with Crippen LogP contribution in [0.25, 0.3) is 0 Å². The molecule has 8 heteroatoms. The molecular formula is C16H22N4O3S. The maximum absolute atomic E-state index is 12.7. The molecule has 24 heavy (non-hydrogen) atoms. The van der Waals surface area contributed by atoms with Crippen LogP contribution in [0, 0.1) is 0 Å². The third-order valence-electron chi connectivity index (χ3n) is 4.21. The lowest BCUT2D eigenvalue weighted by atomic mass is 10.3. The van der Waals surface area contributed by atoms with Crippen molar-refractivity contribution in [2.45, 2.75) is 11.4 Å². The van der Waals surface area contributed by atoms with E-state index in [4.69, 9.17) is 4.74 Å². The first-order valence-corrected chi connectivity index (χ1v) is 9.37. The predicted octanol–water partition coefficient (Wildman–Crippen LogP) is 0.898. The molecule has 0 spiro atoms. The fourth-order valence-corrected chi connectivity index (χ4v) is 4.24. The van der Waals surface area contributed by atoms with E-state index < -0.39 is 10.0 Å². The summed E-state index contributed by atoms with van der Waals surface area (Å²) < 4.78 is 34.0. The van der Waals surface area contributed by atoms with Crippen molar-refractivity contribution in [3.05, 3.63) is 42.7 Å². The molecular weight excluding hydrogens is 328 g/mol. The Balaban J connectivity index is 1.58. The van der Waals surface area contributed by atoms with Crippen LogP contribution in [0.5, 0.6) is 5.75 Å². The van der Waals surface area contributed by atoms with Crippen molar-refractivity contribution in [1.29, 1.82) is 0 Å². The molecule has 1 aromatic carbocycles. The van der Waals surface area contributed by atoms with Crippen LogP contribution in [-0.2, 0) is 16.6 Å². The van der Waals surface area contributed by atoms with Crippen LogP contribution in [0.2, 0.25) is 0 Å². The Morgan fingerprint density at radius 3 is 2.58 bits per heavy atom. The standard InChI is InChI=1S/C16H22N4O3S/c1-23-15-4-2-5-16(14-15)24(21,22)20-12-9-18(10-13-20)8-11-19-7-3-6-17-19/h2-7,14H,8-13H2,1H3. The summed E-state index contributed by atoms with van der Waals surface area (Å²) in [5.74, 6) is 0.550. The summed E-state index contributed by atoms with van der Waals surface area (Å²) >= 11 is 0. The number of piperazine rings is 1. The van der Waals surface area contributed by atoms with E-state index >= 15 is 0 Å². The van der Waals surface area contributed by atoms with Crippen LogP contribution in [0.15, 0.2) is 47.6 Å². The molecule has 0 unspecified atom stereocenters. The van der Waals surface area contributed by atoms with Gasteiger partial charge in [0.2, 0.25) is 10.0 Å². The number of sulfonamides is 1. The monoisotopic (exact) mass is 350 g/mol. The van der Waals surface area contributed by atoms with E-state index in [1.54, 1.807) is 34.8 Å². The average Bonchev–Trinajstić information content (AvgIpc) is 3.14. The Hall–Kier alpha value is -1.90. The summed E-state index contributed by atoms with van der Waals surface area (Å²) in [6, 6.07) is 8.53. The third-order valence-corrected chi connectivity index (χ3v) is 6.11. The van der Waals surface area contributed by atoms with Crippen molar-refractivity contribution in [2.75, 3.05) is 39.8 Å². The molecule has 1 aromatic heterocycles. The van der Waals surface area contributed by atoms with E-state index in [1.807, 2.05) is 16.9 Å². The first-order valence-electron chi connectivity index (χ1n) is 7.93. The number of hydrogen-bond acceptors (Lipinski definition) is 5. The second kappa shape index (κ2) is 7.33. The van der Waals surface area contributed by atoms with Gasteiger partial charge in [0.1, 0.15) is 5.75 Å². The van der Waals surface area contributed by atoms with Gasteiger partial charge in [0.25, 0.3) is 0 Å². The van der Waals surface area contributed by atoms with Gasteiger partial charge in [-0.1, -0.05) is 6.07 Å². The molecule has 2 aromatic rings. The Kier molecular flexibility index (Phi) is 5.17. The topological polar surface area (TPSA) is 67.7 Å². The van der Waals surface area contributed by atoms with Crippen molar-refractivity contribution in [3.63, 3.8) is 0 Å². The van der Waals surface area contributed by atoms with Gasteiger partial charge in [-0.2, -0.15) is 9.40 Å². The van der Waals surface area contributed by atoms with Crippen molar-refractivity contribution in [3.8, 4) is 5.75 Å². The number of methoxy groups -OCH3 is 1. The van der Waals surface area contributed by atoms with Crippen LogP contribution < -0.4 is 4.74 Å². The highest BCUT2D eigenvalue weighted by Crippen LogP contribution is 2.21. The molecule has 0 bridgehead atoms. The van der Waals surface area contributed by atoms with Gasteiger partial charge in [-0.3, -0.25) is 9.58 Å². The van der Waals surface area contributed by atoms with Crippen LogP contribution in [0.1, 0.15) is 0 Å². The van der Waals surface area contributed by atoms with E-state index in [1.165, 1.54) is 7.11 Å². The molecule has 130 valence electrons. The minimum absolute atomic E-state index is 0.284. The fraction of sp³-hybridized carbons (Fsp3) is 0.438. The quantitative estimate of drug-likeness (QED) is 0.774. The molecule has 0 radical (unpaired) electrons. The minimum atomic E-state index is -3.47. The molecule has 1 aliphatic heterocycles. The molecule has 0 aliphatic carbocycles. The third kappa shape index (κ3) is 3.77. The highest BCUT2D eigenvalue weighted by Gasteiger charge is 2.28. The van der Waals surface area contributed by atoms with Crippen molar-refractivity contribution >= 4 is 10.0 Å². The molecule has 7 nitrogen and oxygen atoms in total. The smallest absolute Gasteiger partial charge is 0.243 e. The highest BCUT2D eigenvalue weighted by atomic mass is 32.2. The van der Waals surface area contributed by atoms with E-state index in [2.05, 4.69) is 10.00 Å². The minimum Gasteiger partial charge on any atom is -0.497 e. The zero-order valence-corrected chi connectivity index (χ0v) is 14.5. The summed E-state index contributed by atoms with van der Waals surface area (Å²) in [6.45, 7) is 4.14. The number of nitrogens with zero attached hydrogens (tertiary/aromatic N) is 4. The maximum Gasteiger partial charge on any atom is 0.243 e. The normalized spacial score (nSPS) is 17.0. The van der Waals surface area contributed by atoms with Crippen LogP contribution in [-0.4, -0.2) is 67.2 Å². The lowest BCUT2D eigenvalue weighted by Crippen LogP contribution is -2.49. The van der Waals surface area contributed by atoms with E-state index in [-0.39, 0.29) is 4.90 Å². The Bertz CT molecular complexity index is 753.